The number of hydrogen-bond acceptors (Lipinski definition) is 1. The molecule has 0 aliphatic carbocycles. The van der Waals surface area contributed by atoms with Crippen LogP contribution in [0, 0.1) is 0 Å². The van der Waals surface area contributed by atoms with Crippen molar-refractivity contribution in [2.24, 2.45) is 0 Å². The monoisotopic (exact) mass is 267 g/mol. The van der Waals surface area contributed by atoms with Crippen molar-refractivity contribution in [3.05, 3.63) is 0 Å². The topological polar surface area (TPSA) is 35.0 Å². The van der Waals surface area contributed by atoms with Crippen molar-refractivity contribution in [1.29, 1.82) is 0 Å². The van der Waals surface area contributed by atoms with E-state index in [-0.39, 0.29) is 56.8 Å². The third-order valence-electron chi connectivity index (χ3n) is 0. The van der Waals surface area contributed by atoms with Gasteiger partial charge in [-0.05, 0) is 0 Å². The van der Waals surface area contributed by atoms with Gasteiger partial charge in [0.15, 0.2) is 0 Å². The molecule has 0 saturated heterocycles. The van der Waals surface area contributed by atoms with E-state index in [0.29, 0.717) is 0 Å². The largest absolute Gasteiger partial charge is 4.00 e. The van der Waals surface area contributed by atoms with Crippen LogP contribution < -0.4 is 31.0 Å². The molecule has 0 heterocycles. The molecule has 0 saturated carbocycles. The fourth-order valence-corrected chi connectivity index (χ4v) is 0. The van der Waals surface area contributed by atoms with Crippen molar-refractivity contribution in [3.8, 4) is 0 Å². The molecule has 4 heteroatoms. The molecule has 24 valence electrons. The molecule has 0 aromatic carbocycles. The van der Waals surface area contributed by atoms with Crippen LogP contribution in [0.15, 0.2) is 0 Å². The summed E-state index contributed by atoms with van der Waals surface area (Å²) < 4.78 is 0. The third-order valence-corrected chi connectivity index (χ3v) is 0. The molecular weight excluding hydrogens is 263 g/mol. The van der Waals surface area contributed by atoms with E-state index in [1.54, 1.807) is 0 Å². The molecule has 0 rings (SSSR count). The minimum Gasteiger partial charge on any atom is -1.00 e. The van der Waals surface area contributed by atoms with Gasteiger partial charge in [0.25, 0.3) is 0 Å². The maximum Gasteiger partial charge on any atom is 4.00 e. The summed E-state index contributed by atoms with van der Waals surface area (Å²) >= 11 is 0. The quantitative estimate of drug-likeness (QED) is 0.436. The number of rotatable bonds is 0. The minimum atomic E-state index is 0. The van der Waals surface area contributed by atoms with Gasteiger partial charge in [0, 0.05) is 0 Å². The maximum absolute atomic E-state index is 0. The first-order valence-electron chi connectivity index (χ1n) is 0. The zero-order chi connectivity index (χ0) is 0. The summed E-state index contributed by atoms with van der Waals surface area (Å²) in [7, 11) is 0. The number of halogens is 2. The van der Waals surface area contributed by atoms with Crippen molar-refractivity contribution in [1.82, 2.24) is 6.15 Å². The van der Waals surface area contributed by atoms with Gasteiger partial charge in [-0.15, -0.1) is 0 Å². The SMILES string of the molecule is N.[Cl-].[Cl-].[Hf+4]. The zero-order valence-electron chi connectivity index (χ0n) is 1.96. The van der Waals surface area contributed by atoms with Crippen molar-refractivity contribution in [3.63, 3.8) is 0 Å². The Balaban J connectivity index is 0. The average molecular weight is 266 g/mol. The van der Waals surface area contributed by atoms with Crippen molar-refractivity contribution < 1.29 is 50.7 Å². The molecule has 0 atom stereocenters. The van der Waals surface area contributed by atoms with Gasteiger partial charge in [-0.1, -0.05) is 0 Å². The summed E-state index contributed by atoms with van der Waals surface area (Å²) in [4.78, 5) is 0. The van der Waals surface area contributed by atoms with E-state index < -0.39 is 0 Å². The second kappa shape index (κ2) is 25.8. The Hall–Kier alpha value is 1.41. The Morgan fingerprint density at radius 1 is 0.750 bits per heavy atom. The van der Waals surface area contributed by atoms with E-state index >= 15 is 0 Å². The summed E-state index contributed by atoms with van der Waals surface area (Å²) in [5.41, 5.74) is 0. The summed E-state index contributed by atoms with van der Waals surface area (Å²) in [6.07, 6.45) is 0. The summed E-state index contributed by atoms with van der Waals surface area (Å²) in [6.45, 7) is 0. The molecule has 1 nitrogen and oxygen atoms in total. The first kappa shape index (κ1) is 52.9. The van der Waals surface area contributed by atoms with Gasteiger partial charge in [0.2, 0.25) is 0 Å². The molecule has 0 radical (unpaired) electrons. The first-order chi connectivity index (χ1) is 0. The minimum absolute atomic E-state index is 0. The Morgan fingerprint density at radius 2 is 0.750 bits per heavy atom. The Kier molecular flexibility index (Phi) is 341. The molecule has 0 amide bonds. The van der Waals surface area contributed by atoms with Gasteiger partial charge in [-0.3, -0.25) is 0 Å². The Morgan fingerprint density at radius 3 is 0.750 bits per heavy atom. The van der Waals surface area contributed by atoms with Crippen molar-refractivity contribution in [2.75, 3.05) is 0 Å². The molecule has 0 spiro atoms. The average Bonchev–Trinajstić information content (AvgIpc) is 0. The Labute approximate surface area is 56.7 Å². The first-order valence-corrected chi connectivity index (χ1v) is 0. The molecular formula is H3Cl2HfN+2. The smallest absolute Gasteiger partial charge is 1.00 e. The van der Waals surface area contributed by atoms with Gasteiger partial charge in [-0.25, -0.2) is 0 Å². The van der Waals surface area contributed by atoms with Gasteiger partial charge in [0.05, 0.1) is 0 Å². The molecule has 0 aromatic heterocycles. The molecule has 4 heavy (non-hydrogen) atoms. The van der Waals surface area contributed by atoms with E-state index in [4.69, 9.17) is 0 Å². The van der Waals surface area contributed by atoms with Crippen LogP contribution in [0.4, 0.5) is 0 Å². The van der Waals surface area contributed by atoms with E-state index in [2.05, 4.69) is 0 Å². The Bertz CT molecular complexity index is 6.00. The predicted octanol–water partition coefficient (Wildman–Crippen LogP) is -5.83. The summed E-state index contributed by atoms with van der Waals surface area (Å²) in [5.74, 6) is 0. The second-order valence-corrected chi connectivity index (χ2v) is 0. The van der Waals surface area contributed by atoms with Crippen molar-refractivity contribution in [2.45, 2.75) is 0 Å². The van der Waals surface area contributed by atoms with Crippen LogP contribution in [0.3, 0.4) is 0 Å². The fraction of sp³-hybridized carbons (Fsp3) is 0. The van der Waals surface area contributed by atoms with E-state index in [0.717, 1.165) is 0 Å². The second-order valence-electron chi connectivity index (χ2n) is 0. The summed E-state index contributed by atoms with van der Waals surface area (Å²) in [6, 6.07) is 0. The van der Waals surface area contributed by atoms with Gasteiger partial charge in [-0.2, -0.15) is 0 Å². The van der Waals surface area contributed by atoms with E-state index in [1.165, 1.54) is 0 Å². The molecule has 0 fully saturated rings. The molecule has 0 bridgehead atoms. The van der Waals surface area contributed by atoms with E-state index in [9.17, 15) is 0 Å². The molecule has 0 aromatic rings. The molecule has 0 unspecified atom stereocenters. The zero-order valence-corrected chi connectivity index (χ0v) is 7.07. The van der Waals surface area contributed by atoms with Crippen LogP contribution in [0.2, 0.25) is 0 Å². The summed E-state index contributed by atoms with van der Waals surface area (Å²) in [5, 5.41) is 0. The standard InChI is InChI=1S/2ClH.Hf.H3N/h2*1H;;1H3/q;;+4;/p-2. The van der Waals surface area contributed by atoms with Gasteiger partial charge < -0.3 is 31.0 Å². The van der Waals surface area contributed by atoms with Crippen LogP contribution in [0.25, 0.3) is 0 Å². The van der Waals surface area contributed by atoms with Gasteiger partial charge >= 0.3 is 25.8 Å². The third kappa shape index (κ3) is 9.96. The molecule has 0 aliphatic heterocycles. The maximum atomic E-state index is 0. The van der Waals surface area contributed by atoms with E-state index in [1.807, 2.05) is 0 Å². The van der Waals surface area contributed by atoms with Crippen LogP contribution in [0.5, 0.6) is 0 Å². The van der Waals surface area contributed by atoms with Crippen molar-refractivity contribution >= 4 is 0 Å². The van der Waals surface area contributed by atoms with Crippen LogP contribution >= 0.6 is 0 Å². The molecule has 3 N–H and O–H groups in total. The predicted molar refractivity (Wildman–Crippen MR) is 5.02 cm³/mol. The van der Waals surface area contributed by atoms with Gasteiger partial charge in [0.1, 0.15) is 0 Å². The fourth-order valence-electron chi connectivity index (χ4n) is 0. The van der Waals surface area contributed by atoms with Crippen LogP contribution in [-0.4, -0.2) is 0 Å². The van der Waals surface area contributed by atoms with Crippen LogP contribution in [-0.2, 0) is 25.8 Å². The molecule has 0 aliphatic rings. The normalized spacial score (nSPS) is 0. The number of hydrogen-bond donors (Lipinski definition) is 1. The van der Waals surface area contributed by atoms with Crippen LogP contribution in [0.1, 0.15) is 0 Å².